The molecule has 3 rings (SSSR count). The van der Waals surface area contributed by atoms with Crippen molar-refractivity contribution in [2.24, 2.45) is 0 Å². The number of benzene rings is 2. The monoisotopic (exact) mass is 370 g/mol. The summed E-state index contributed by atoms with van der Waals surface area (Å²) in [4.78, 5) is 4.92. The van der Waals surface area contributed by atoms with Gasteiger partial charge in [0.2, 0.25) is 0 Å². The van der Waals surface area contributed by atoms with Gasteiger partial charge in [0.15, 0.2) is 0 Å². The Morgan fingerprint density at radius 3 is 1.74 bits per heavy atom. The fourth-order valence-corrected chi connectivity index (χ4v) is 3.19. The Bertz CT molecular complexity index is 574. The summed E-state index contributed by atoms with van der Waals surface area (Å²) in [5.74, 6) is 2.75. The Morgan fingerprint density at radius 1 is 0.826 bits per heavy atom. The molecule has 1 aliphatic heterocycles. The van der Waals surface area contributed by atoms with Gasteiger partial charge >= 0.3 is 0 Å². The Morgan fingerprint density at radius 2 is 1.30 bits per heavy atom. The van der Waals surface area contributed by atoms with Gasteiger partial charge in [-0.2, -0.15) is 0 Å². The first-order chi connectivity index (χ1) is 10.9. The molecule has 0 saturated carbocycles. The predicted molar refractivity (Wildman–Crippen MR) is 102 cm³/mol. The molecule has 1 heterocycles. The highest BCUT2D eigenvalue weighted by molar-refractivity contribution is 8.93. The van der Waals surface area contributed by atoms with Crippen LogP contribution in [0.4, 0.5) is 0 Å². The maximum Gasteiger partial charge on any atom is 0.0602 e. The first-order valence-electron chi connectivity index (χ1n) is 7.88. The van der Waals surface area contributed by atoms with Crippen LogP contribution in [0.3, 0.4) is 0 Å². The van der Waals surface area contributed by atoms with Crippen LogP contribution in [0.5, 0.6) is 0 Å². The molecule has 2 aromatic rings. The average Bonchev–Trinajstić information content (AvgIpc) is 2.59. The van der Waals surface area contributed by atoms with Gasteiger partial charge in [-0.25, -0.2) is 0 Å². The summed E-state index contributed by atoms with van der Waals surface area (Å²) in [6.07, 6.45) is 5.43. The summed E-state index contributed by atoms with van der Waals surface area (Å²) in [5, 5.41) is 0. The van der Waals surface area contributed by atoms with E-state index in [9.17, 15) is 0 Å². The lowest BCUT2D eigenvalue weighted by molar-refractivity contribution is 0.119. The number of terminal acetylenes is 1. The van der Waals surface area contributed by atoms with E-state index in [-0.39, 0.29) is 17.0 Å². The number of nitrogens with zero attached hydrogens (tertiary/aromatic N) is 2. The highest BCUT2D eigenvalue weighted by Gasteiger charge is 2.25. The summed E-state index contributed by atoms with van der Waals surface area (Å²) >= 11 is 0. The highest BCUT2D eigenvalue weighted by Crippen LogP contribution is 2.29. The number of hydrogen-bond acceptors (Lipinski definition) is 2. The van der Waals surface area contributed by atoms with Crippen LogP contribution in [0.25, 0.3) is 0 Å². The van der Waals surface area contributed by atoms with Crippen molar-refractivity contribution in [1.82, 2.24) is 9.80 Å². The van der Waals surface area contributed by atoms with E-state index in [1.54, 1.807) is 0 Å². The molecule has 0 atom stereocenters. The second-order valence-electron chi connectivity index (χ2n) is 5.74. The molecule has 0 spiro atoms. The van der Waals surface area contributed by atoms with Crippen molar-refractivity contribution in [3.8, 4) is 12.3 Å². The van der Waals surface area contributed by atoms with Gasteiger partial charge < -0.3 is 0 Å². The Kier molecular flexibility index (Phi) is 6.85. The van der Waals surface area contributed by atoms with Gasteiger partial charge in [-0.3, -0.25) is 9.80 Å². The van der Waals surface area contributed by atoms with Crippen LogP contribution in [-0.2, 0) is 0 Å². The van der Waals surface area contributed by atoms with Crippen molar-refractivity contribution >= 4 is 17.0 Å². The second kappa shape index (κ2) is 8.88. The molecule has 0 amide bonds. The SMILES string of the molecule is Br.C#CCN1CCN(C(c2ccccc2)c2ccccc2)CC1. The summed E-state index contributed by atoms with van der Waals surface area (Å²) < 4.78 is 0. The minimum absolute atomic E-state index is 0. The Balaban J connectivity index is 0.00000192. The molecule has 0 aliphatic carbocycles. The molecule has 120 valence electrons. The summed E-state index contributed by atoms with van der Waals surface area (Å²) in [7, 11) is 0. The predicted octanol–water partition coefficient (Wildman–Crippen LogP) is 3.60. The number of rotatable bonds is 4. The quantitative estimate of drug-likeness (QED) is 0.758. The van der Waals surface area contributed by atoms with Crippen LogP contribution in [0, 0.1) is 12.3 Å². The van der Waals surface area contributed by atoms with Crippen LogP contribution >= 0.6 is 17.0 Å². The van der Waals surface area contributed by atoms with E-state index in [1.165, 1.54) is 11.1 Å². The van der Waals surface area contributed by atoms with Crippen molar-refractivity contribution in [2.45, 2.75) is 6.04 Å². The zero-order chi connectivity index (χ0) is 15.2. The number of halogens is 1. The van der Waals surface area contributed by atoms with Crippen molar-refractivity contribution in [1.29, 1.82) is 0 Å². The van der Waals surface area contributed by atoms with E-state index in [2.05, 4.69) is 76.4 Å². The molecule has 0 aromatic heterocycles. The molecule has 1 fully saturated rings. The van der Waals surface area contributed by atoms with Gasteiger partial charge in [-0.05, 0) is 11.1 Å². The number of hydrogen-bond donors (Lipinski definition) is 0. The van der Waals surface area contributed by atoms with Crippen molar-refractivity contribution in [2.75, 3.05) is 32.7 Å². The van der Waals surface area contributed by atoms with Crippen LogP contribution < -0.4 is 0 Å². The van der Waals surface area contributed by atoms with Crippen LogP contribution in [-0.4, -0.2) is 42.5 Å². The van der Waals surface area contributed by atoms with Gasteiger partial charge in [0.05, 0.1) is 12.6 Å². The smallest absolute Gasteiger partial charge is 0.0602 e. The Labute approximate surface area is 149 Å². The second-order valence-corrected chi connectivity index (χ2v) is 5.74. The van der Waals surface area contributed by atoms with Crippen LogP contribution in [0.15, 0.2) is 60.7 Å². The molecule has 1 aliphatic rings. The first kappa shape index (κ1) is 17.7. The van der Waals surface area contributed by atoms with Crippen LogP contribution in [0.2, 0.25) is 0 Å². The van der Waals surface area contributed by atoms with E-state index in [0.717, 1.165) is 32.7 Å². The van der Waals surface area contributed by atoms with Gasteiger partial charge in [0, 0.05) is 26.2 Å². The molecule has 23 heavy (non-hydrogen) atoms. The molecular weight excluding hydrogens is 348 g/mol. The highest BCUT2D eigenvalue weighted by atomic mass is 79.9. The van der Waals surface area contributed by atoms with Gasteiger partial charge in [0.25, 0.3) is 0 Å². The zero-order valence-electron chi connectivity index (χ0n) is 13.3. The molecular formula is C20H23BrN2. The van der Waals surface area contributed by atoms with Gasteiger partial charge in [-0.15, -0.1) is 23.4 Å². The molecule has 2 nitrogen and oxygen atoms in total. The van der Waals surface area contributed by atoms with Gasteiger partial charge in [0.1, 0.15) is 0 Å². The largest absolute Gasteiger partial charge is 0.290 e. The Hall–Kier alpha value is -1.60. The van der Waals surface area contributed by atoms with E-state index >= 15 is 0 Å². The molecule has 0 unspecified atom stereocenters. The minimum atomic E-state index is 0. The third-order valence-corrected chi connectivity index (χ3v) is 4.32. The van der Waals surface area contributed by atoms with E-state index < -0.39 is 0 Å². The summed E-state index contributed by atoms with van der Waals surface area (Å²) in [6, 6.07) is 21.9. The molecule has 3 heteroatoms. The minimum Gasteiger partial charge on any atom is -0.290 e. The normalized spacial score (nSPS) is 15.8. The molecule has 2 aromatic carbocycles. The lowest BCUT2D eigenvalue weighted by Gasteiger charge is -2.39. The molecule has 1 saturated heterocycles. The van der Waals surface area contributed by atoms with Gasteiger partial charge in [-0.1, -0.05) is 66.6 Å². The molecule has 0 N–H and O–H groups in total. The van der Waals surface area contributed by atoms with Crippen molar-refractivity contribution in [3.05, 3.63) is 71.8 Å². The average molecular weight is 371 g/mol. The molecule has 0 radical (unpaired) electrons. The topological polar surface area (TPSA) is 6.48 Å². The van der Waals surface area contributed by atoms with Crippen LogP contribution in [0.1, 0.15) is 17.2 Å². The maximum atomic E-state index is 5.43. The van der Waals surface area contributed by atoms with E-state index in [4.69, 9.17) is 6.42 Å². The zero-order valence-corrected chi connectivity index (χ0v) is 15.0. The third-order valence-electron chi connectivity index (χ3n) is 4.32. The van der Waals surface area contributed by atoms with E-state index in [1.807, 2.05) is 0 Å². The lowest BCUT2D eigenvalue weighted by atomic mass is 9.96. The van der Waals surface area contributed by atoms with Crippen molar-refractivity contribution < 1.29 is 0 Å². The standard InChI is InChI=1S/C20H22N2.BrH/c1-2-13-21-14-16-22(17-15-21)20(18-9-5-3-6-10-18)19-11-7-4-8-12-19;/h1,3-12,20H,13-17H2;1H. The fraction of sp³-hybridized carbons (Fsp3) is 0.300. The van der Waals surface area contributed by atoms with E-state index in [0.29, 0.717) is 6.04 Å². The summed E-state index contributed by atoms with van der Waals surface area (Å²) in [5.41, 5.74) is 2.72. The summed E-state index contributed by atoms with van der Waals surface area (Å²) in [6.45, 7) is 4.95. The fourth-order valence-electron chi connectivity index (χ4n) is 3.19. The maximum absolute atomic E-state index is 5.43. The van der Waals surface area contributed by atoms with Crippen molar-refractivity contribution in [3.63, 3.8) is 0 Å². The molecule has 0 bridgehead atoms. The first-order valence-corrected chi connectivity index (χ1v) is 7.88. The third kappa shape index (κ3) is 4.45. The lowest BCUT2D eigenvalue weighted by Crippen LogP contribution is -2.47. The number of piperazine rings is 1.